The first-order valence-corrected chi connectivity index (χ1v) is 9.44. The standard InChI is InChI=1S/C16H24N4O2S/c1-2-13-18-19-16(23-13)17-14(21)12-9-6-10-20(12)15(22)11-7-4-3-5-8-11/h11-12H,2-10H2,1H3,(H,17,19,21). The Bertz CT molecular complexity index is 568. The van der Waals surface area contributed by atoms with Gasteiger partial charge in [-0.15, -0.1) is 10.2 Å². The Balaban J connectivity index is 1.63. The van der Waals surface area contributed by atoms with E-state index in [2.05, 4.69) is 15.5 Å². The normalized spacial score (nSPS) is 22.3. The summed E-state index contributed by atoms with van der Waals surface area (Å²) in [6, 6.07) is -0.349. The summed E-state index contributed by atoms with van der Waals surface area (Å²) in [5, 5.41) is 12.3. The van der Waals surface area contributed by atoms with E-state index in [4.69, 9.17) is 0 Å². The summed E-state index contributed by atoms with van der Waals surface area (Å²) in [6.07, 6.45) is 7.88. The molecule has 2 heterocycles. The number of nitrogens with one attached hydrogen (secondary N) is 1. The maximum atomic E-state index is 12.7. The van der Waals surface area contributed by atoms with Crippen molar-refractivity contribution >= 4 is 28.3 Å². The Morgan fingerprint density at radius 2 is 1.96 bits per heavy atom. The second kappa shape index (κ2) is 7.38. The number of likely N-dealkylation sites (tertiary alicyclic amines) is 1. The van der Waals surface area contributed by atoms with E-state index in [9.17, 15) is 9.59 Å². The molecule has 1 aliphatic carbocycles. The molecule has 7 heteroatoms. The zero-order chi connectivity index (χ0) is 16.2. The Labute approximate surface area is 140 Å². The molecule has 1 unspecified atom stereocenters. The lowest BCUT2D eigenvalue weighted by molar-refractivity contribution is -0.141. The highest BCUT2D eigenvalue weighted by atomic mass is 32.1. The monoisotopic (exact) mass is 336 g/mol. The van der Waals surface area contributed by atoms with Crippen LogP contribution in [0.25, 0.3) is 0 Å². The Kier molecular flexibility index (Phi) is 5.25. The quantitative estimate of drug-likeness (QED) is 0.917. The van der Waals surface area contributed by atoms with Crippen molar-refractivity contribution < 1.29 is 9.59 Å². The number of hydrogen-bond acceptors (Lipinski definition) is 5. The predicted molar refractivity (Wildman–Crippen MR) is 89.2 cm³/mol. The fourth-order valence-corrected chi connectivity index (χ4v) is 4.21. The van der Waals surface area contributed by atoms with Crippen LogP contribution in [0.5, 0.6) is 0 Å². The van der Waals surface area contributed by atoms with Crippen LogP contribution in [0.2, 0.25) is 0 Å². The Morgan fingerprint density at radius 3 is 2.65 bits per heavy atom. The highest BCUT2D eigenvalue weighted by Crippen LogP contribution is 2.29. The van der Waals surface area contributed by atoms with Gasteiger partial charge in [0.05, 0.1) is 0 Å². The van der Waals surface area contributed by atoms with Gasteiger partial charge in [-0.2, -0.15) is 0 Å². The van der Waals surface area contributed by atoms with Gasteiger partial charge in [0.25, 0.3) is 0 Å². The van der Waals surface area contributed by atoms with Gasteiger partial charge < -0.3 is 4.90 Å². The minimum absolute atomic E-state index is 0.116. The van der Waals surface area contributed by atoms with Crippen molar-refractivity contribution in [2.24, 2.45) is 5.92 Å². The molecule has 1 atom stereocenters. The van der Waals surface area contributed by atoms with Gasteiger partial charge in [-0.25, -0.2) is 0 Å². The van der Waals surface area contributed by atoms with Crippen molar-refractivity contribution in [3.05, 3.63) is 5.01 Å². The van der Waals surface area contributed by atoms with Crippen LogP contribution in [-0.4, -0.2) is 39.5 Å². The highest BCUT2D eigenvalue weighted by molar-refractivity contribution is 7.15. The molecule has 1 aromatic heterocycles. The van der Waals surface area contributed by atoms with E-state index in [-0.39, 0.29) is 23.8 Å². The number of nitrogens with zero attached hydrogens (tertiary/aromatic N) is 3. The number of hydrogen-bond donors (Lipinski definition) is 1. The zero-order valence-electron chi connectivity index (χ0n) is 13.6. The second-order valence-corrected chi connectivity index (χ2v) is 7.43. The molecule has 1 saturated heterocycles. The molecule has 6 nitrogen and oxygen atoms in total. The van der Waals surface area contributed by atoms with Gasteiger partial charge in [-0.05, 0) is 32.1 Å². The smallest absolute Gasteiger partial charge is 0.249 e. The third-order valence-electron chi connectivity index (χ3n) is 4.79. The van der Waals surface area contributed by atoms with Crippen LogP contribution >= 0.6 is 11.3 Å². The maximum absolute atomic E-state index is 12.7. The number of rotatable bonds is 4. The van der Waals surface area contributed by atoms with Gasteiger partial charge in [0.2, 0.25) is 16.9 Å². The molecule has 0 radical (unpaired) electrons. The third kappa shape index (κ3) is 3.71. The molecule has 1 aliphatic heterocycles. The lowest BCUT2D eigenvalue weighted by atomic mass is 9.88. The van der Waals surface area contributed by atoms with Gasteiger partial charge in [0.15, 0.2) is 0 Å². The van der Waals surface area contributed by atoms with Crippen LogP contribution in [0.15, 0.2) is 0 Å². The van der Waals surface area contributed by atoms with Crippen molar-refractivity contribution in [2.75, 3.05) is 11.9 Å². The summed E-state index contributed by atoms with van der Waals surface area (Å²) in [6.45, 7) is 2.71. The summed E-state index contributed by atoms with van der Waals surface area (Å²) < 4.78 is 0. The SMILES string of the molecule is CCc1nnc(NC(=O)C2CCCN2C(=O)C2CCCCC2)s1. The Hall–Kier alpha value is -1.50. The largest absolute Gasteiger partial charge is 0.330 e. The van der Waals surface area contributed by atoms with Gasteiger partial charge in [0, 0.05) is 12.5 Å². The van der Waals surface area contributed by atoms with E-state index in [1.807, 2.05) is 6.92 Å². The first kappa shape index (κ1) is 16.4. The summed E-state index contributed by atoms with van der Waals surface area (Å²) in [5.41, 5.74) is 0. The van der Waals surface area contributed by atoms with E-state index in [0.717, 1.165) is 50.0 Å². The fraction of sp³-hybridized carbons (Fsp3) is 0.750. The molecule has 2 fully saturated rings. The molecule has 1 aromatic rings. The molecule has 0 bridgehead atoms. The van der Waals surface area contributed by atoms with Crippen LogP contribution in [0.4, 0.5) is 5.13 Å². The molecule has 2 aliphatic rings. The zero-order valence-corrected chi connectivity index (χ0v) is 14.4. The average molecular weight is 336 g/mol. The molecule has 0 spiro atoms. The topological polar surface area (TPSA) is 75.2 Å². The first-order valence-electron chi connectivity index (χ1n) is 8.62. The van der Waals surface area contributed by atoms with Gasteiger partial charge >= 0.3 is 0 Å². The molecule has 1 N–H and O–H groups in total. The Morgan fingerprint density at radius 1 is 1.17 bits per heavy atom. The van der Waals surface area contributed by atoms with Crippen LogP contribution < -0.4 is 5.32 Å². The van der Waals surface area contributed by atoms with Crippen molar-refractivity contribution in [3.63, 3.8) is 0 Å². The molecule has 126 valence electrons. The fourth-order valence-electron chi connectivity index (χ4n) is 3.52. The number of anilines is 1. The van der Waals surface area contributed by atoms with Gasteiger partial charge in [-0.3, -0.25) is 14.9 Å². The molecular weight excluding hydrogens is 312 g/mol. The van der Waals surface area contributed by atoms with Crippen LogP contribution in [-0.2, 0) is 16.0 Å². The number of amides is 2. The van der Waals surface area contributed by atoms with E-state index in [1.165, 1.54) is 17.8 Å². The van der Waals surface area contributed by atoms with Crippen molar-refractivity contribution in [3.8, 4) is 0 Å². The van der Waals surface area contributed by atoms with E-state index < -0.39 is 0 Å². The lowest BCUT2D eigenvalue weighted by Crippen LogP contribution is -2.46. The minimum atomic E-state index is -0.349. The number of aryl methyl sites for hydroxylation is 1. The number of aromatic nitrogens is 2. The maximum Gasteiger partial charge on any atom is 0.249 e. The van der Waals surface area contributed by atoms with Gasteiger partial charge in [0.1, 0.15) is 11.0 Å². The predicted octanol–water partition coefficient (Wildman–Crippen LogP) is 2.61. The summed E-state index contributed by atoms with van der Waals surface area (Å²) in [4.78, 5) is 27.1. The molecular formula is C16H24N4O2S. The molecule has 23 heavy (non-hydrogen) atoms. The number of carbonyl (C=O) groups excluding carboxylic acids is 2. The van der Waals surface area contributed by atoms with Crippen molar-refractivity contribution in [1.29, 1.82) is 0 Å². The molecule has 1 saturated carbocycles. The van der Waals surface area contributed by atoms with E-state index >= 15 is 0 Å². The average Bonchev–Trinajstić information content (AvgIpc) is 3.24. The van der Waals surface area contributed by atoms with Crippen LogP contribution in [0, 0.1) is 5.92 Å². The van der Waals surface area contributed by atoms with E-state index in [1.54, 1.807) is 4.90 Å². The van der Waals surface area contributed by atoms with Crippen LogP contribution in [0.3, 0.4) is 0 Å². The second-order valence-electron chi connectivity index (χ2n) is 6.37. The summed E-state index contributed by atoms with van der Waals surface area (Å²) >= 11 is 1.40. The lowest BCUT2D eigenvalue weighted by Gasteiger charge is -2.29. The molecule has 3 rings (SSSR count). The molecule has 0 aromatic carbocycles. The van der Waals surface area contributed by atoms with E-state index in [0.29, 0.717) is 11.7 Å². The first-order chi connectivity index (χ1) is 11.2. The third-order valence-corrected chi connectivity index (χ3v) is 5.78. The highest BCUT2D eigenvalue weighted by Gasteiger charge is 2.37. The summed E-state index contributed by atoms with van der Waals surface area (Å²) in [7, 11) is 0. The molecule has 2 amide bonds. The van der Waals surface area contributed by atoms with Crippen molar-refractivity contribution in [1.82, 2.24) is 15.1 Å². The number of carbonyl (C=O) groups is 2. The van der Waals surface area contributed by atoms with Crippen molar-refractivity contribution in [2.45, 2.75) is 64.3 Å². The minimum Gasteiger partial charge on any atom is -0.330 e. The summed E-state index contributed by atoms with van der Waals surface area (Å²) in [5.74, 6) is 0.171. The van der Waals surface area contributed by atoms with Crippen LogP contribution in [0.1, 0.15) is 56.9 Å². The van der Waals surface area contributed by atoms with Gasteiger partial charge in [-0.1, -0.05) is 37.5 Å².